The number of nitrogens with two attached hydrogens (primary N) is 2. The van der Waals surface area contributed by atoms with Gasteiger partial charge in [0.2, 0.25) is 0 Å². The molecule has 0 aliphatic rings. The SMILES string of the molecule is CN.Nc1ccncc1[N+](=O)[O-]. The van der Waals surface area contributed by atoms with Gasteiger partial charge in [-0.05, 0) is 13.1 Å². The fraction of sp³-hybridized carbons (Fsp3) is 0.167. The number of hydrogen-bond acceptors (Lipinski definition) is 5. The van der Waals surface area contributed by atoms with Gasteiger partial charge in [-0.15, -0.1) is 0 Å². The second-order valence-corrected chi connectivity index (χ2v) is 1.69. The number of nitrogens with zero attached hydrogens (tertiary/aromatic N) is 2. The first-order valence-corrected chi connectivity index (χ1v) is 3.13. The van der Waals surface area contributed by atoms with Crippen LogP contribution < -0.4 is 11.5 Å². The van der Waals surface area contributed by atoms with E-state index in [1.807, 2.05) is 0 Å². The van der Waals surface area contributed by atoms with Crippen molar-refractivity contribution in [2.45, 2.75) is 0 Å². The van der Waals surface area contributed by atoms with Crippen molar-refractivity contribution in [1.29, 1.82) is 0 Å². The summed E-state index contributed by atoms with van der Waals surface area (Å²) in [5.74, 6) is 0. The van der Waals surface area contributed by atoms with Gasteiger partial charge in [-0.1, -0.05) is 0 Å². The van der Waals surface area contributed by atoms with E-state index in [1.54, 1.807) is 0 Å². The second-order valence-electron chi connectivity index (χ2n) is 1.69. The second kappa shape index (κ2) is 5.03. The van der Waals surface area contributed by atoms with E-state index in [0.29, 0.717) is 0 Å². The van der Waals surface area contributed by atoms with Gasteiger partial charge in [0.05, 0.1) is 4.92 Å². The molecule has 1 rings (SSSR count). The molecule has 1 aromatic heterocycles. The van der Waals surface area contributed by atoms with Crippen molar-refractivity contribution in [3.63, 3.8) is 0 Å². The van der Waals surface area contributed by atoms with Crippen LogP contribution in [0.3, 0.4) is 0 Å². The fourth-order valence-electron chi connectivity index (χ4n) is 0.549. The van der Waals surface area contributed by atoms with E-state index in [0.717, 1.165) is 6.20 Å². The van der Waals surface area contributed by atoms with Gasteiger partial charge in [-0.2, -0.15) is 0 Å². The lowest BCUT2D eigenvalue weighted by Crippen LogP contribution is -1.95. The number of aromatic nitrogens is 1. The third kappa shape index (κ3) is 2.51. The molecule has 0 amide bonds. The molecular formula is C6H10N4O2. The number of pyridine rings is 1. The van der Waals surface area contributed by atoms with Crippen molar-refractivity contribution in [2.24, 2.45) is 5.73 Å². The summed E-state index contributed by atoms with van der Waals surface area (Å²) in [6.45, 7) is 0. The molecule has 1 heterocycles. The van der Waals surface area contributed by atoms with Gasteiger partial charge in [-0.25, -0.2) is 0 Å². The highest BCUT2D eigenvalue weighted by molar-refractivity contribution is 5.55. The number of nitrogen functional groups attached to an aromatic ring is 1. The Bertz CT molecular complexity index is 263. The Hall–Kier alpha value is -1.69. The lowest BCUT2D eigenvalue weighted by Gasteiger charge is -1.92. The standard InChI is InChI=1S/C5H5N3O2.CH5N/c6-4-1-2-7-3-5(4)8(9)10;1-2/h1-3H,(H2,6,7);2H2,1H3. The van der Waals surface area contributed by atoms with Gasteiger partial charge in [-0.3, -0.25) is 15.1 Å². The highest BCUT2D eigenvalue weighted by Crippen LogP contribution is 2.16. The van der Waals surface area contributed by atoms with Crippen LogP contribution in [-0.4, -0.2) is 17.0 Å². The molecule has 1 aromatic rings. The molecule has 0 fully saturated rings. The molecular weight excluding hydrogens is 160 g/mol. The molecule has 12 heavy (non-hydrogen) atoms. The molecule has 0 aromatic carbocycles. The highest BCUT2D eigenvalue weighted by atomic mass is 16.6. The van der Waals surface area contributed by atoms with E-state index in [4.69, 9.17) is 5.73 Å². The van der Waals surface area contributed by atoms with E-state index < -0.39 is 4.92 Å². The summed E-state index contributed by atoms with van der Waals surface area (Å²) in [6.07, 6.45) is 2.53. The summed E-state index contributed by atoms with van der Waals surface area (Å²) in [4.78, 5) is 13.1. The Balaban J connectivity index is 0.000000561. The largest absolute Gasteiger partial charge is 0.393 e. The fourth-order valence-corrected chi connectivity index (χ4v) is 0.549. The molecule has 0 atom stereocenters. The minimum absolute atomic E-state index is 0.139. The number of rotatable bonds is 1. The Kier molecular flexibility index (Phi) is 4.32. The normalized spacial score (nSPS) is 8.17. The summed E-state index contributed by atoms with van der Waals surface area (Å²) >= 11 is 0. The first-order chi connectivity index (χ1) is 5.72. The quantitative estimate of drug-likeness (QED) is 0.460. The summed E-state index contributed by atoms with van der Waals surface area (Å²) in [5.41, 5.74) is 9.73. The zero-order valence-electron chi connectivity index (χ0n) is 6.60. The maximum absolute atomic E-state index is 10.1. The van der Waals surface area contributed by atoms with Crippen LogP contribution in [0.4, 0.5) is 11.4 Å². The van der Waals surface area contributed by atoms with Gasteiger partial charge >= 0.3 is 5.69 Å². The van der Waals surface area contributed by atoms with Crippen LogP contribution >= 0.6 is 0 Å². The van der Waals surface area contributed by atoms with Crippen molar-refractivity contribution in [3.8, 4) is 0 Å². The molecule has 0 aliphatic carbocycles. The van der Waals surface area contributed by atoms with Gasteiger partial charge in [0.15, 0.2) is 0 Å². The van der Waals surface area contributed by atoms with Gasteiger partial charge in [0.1, 0.15) is 11.9 Å². The molecule has 0 saturated carbocycles. The van der Waals surface area contributed by atoms with E-state index in [1.165, 1.54) is 19.3 Å². The molecule has 0 saturated heterocycles. The zero-order valence-corrected chi connectivity index (χ0v) is 6.60. The van der Waals surface area contributed by atoms with Crippen molar-refractivity contribution >= 4 is 11.4 Å². The maximum atomic E-state index is 10.1. The first-order valence-electron chi connectivity index (χ1n) is 3.13. The predicted molar refractivity (Wildman–Crippen MR) is 45.4 cm³/mol. The van der Waals surface area contributed by atoms with Crippen LogP contribution in [0.1, 0.15) is 0 Å². The molecule has 4 N–H and O–H groups in total. The van der Waals surface area contributed by atoms with Crippen LogP contribution in [0.2, 0.25) is 0 Å². The number of hydrogen-bond donors (Lipinski definition) is 2. The van der Waals surface area contributed by atoms with Crippen molar-refractivity contribution in [3.05, 3.63) is 28.6 Å². The molecule has 66 valence electrons. The van der Waals surface area contributed by atoms with E-state index in [9.17, 15) is 10.1 Å². The molecule has 0 bridgehead atoms. The third-order valence-corrected chi connectivity index (χ3v) is 1.03. The van der Waals surface area contributed by atoms with Gasteiger partial charge in [0, 0.05) is 6.20 Å². The Labute approximate surface area is 69.4 Å². The van der Waals surface area contributed by atoms with E-state index in [2.05, 4.69) is 10.7 Å². The smallest absolute Gasteiger partial charge is 0.310 e. The third-order valence-electron chi connectivity index (χ3n) is 1.03. The molecule has 0 radical (unpaired) electrons. The molecule has 6 nitrogen and oxygen atoms in total. The Morgan fingerprint density at radius 1 is 1.58 bits per heavy atom. The predicted octanol–water partition coefficient (Wildman–Crippen LogP) is 0.147. The van der Waals surface area contributed by atoms with Crippen LogP contribution in [0, 0.1) is 10.1 Å². The van der Waals surface area contributed by atoms with E-state index in [-0.39, 0.29) is 11.4 Å². The minimum atomic E-state index is -0.567. The van der Waals surface area contributed by atoms with Crippen LogP contribution in [0.25, 0.3) is 0 Å². The summed E-state index contributed by atoms with van der Waals surface area (Å²) < 4.78 is 0. The number of anilines is 1. The molecule has 0 unspecified atom stereocenters. The highest BCUT2D eigenvalue weighted by Gasteiger charge is 2.08. The summed E-state index contributed by atoms with van der Waals surface area (Å²) in [6, 6.07) is 1.39. The van der Waals surface area contributed by atoms with E-state index >= 15 is 0 Å². The van der Waals surface area contributed by atoms with Gasteiger partial charge in [0.25, 0.3) is 0 Å². The van der Waals surface area contributed by atoms with Crippen LogP contribution in [-0.2, 0) is 0 Å². The molecule has 6 heteroatoms. The first kappa shape index (κ1) is 10.3. The molecule has 0 aliphatic heterocycles. The Morgan fingerprint density at radius 3 is 2.50 bits per heavy atom. The van der Waals surface area contributed by atoms with Crippen molar-refractivity contribution in [1.82, 2.24) is 4.98 Å². The zero-order chi connectivity index (χ0) is 9.56. The maximum Gasteiger partial charge on any atom is 0.310 e. The summed E-state index contributed by atoms with van der Waals surface area (Å²) in [7, 11) is 1.50. The minimum Gasteiger partial charge on any atom is -0.393 e. The summed E-state index contributed by atoms with van der Waals surface area (Å²) in [5, 5.41) is 10.1. The van der Waals surface area contributed by atoms with Crippen LogP contribution in [0.5, 0.6) is 0 Å². The average Bonchev–Trinajstić information content (AvgIpc) is 2.08. The lowest BCUT2D eigenvalue weighted by molar-refractivity contribution is -0.384. The monoisotopic (exact) mass is 170 g/mol. The van der Waals surface area contributed by atoms with Crippen molar-refractivity contribution < 1.29 is 4.92 Å². The van der Waals surface area contributed by atoms with Crippen molar-refractivity contribution in [2.75, 3.05) is 12.8 Å². The lowest BCUT2D eigenvalue weighted by atomic mass is 10.4. The average molecular weight is 170 g/mol. The topological polar surface area (TPSA) is 108 Å². The van der Waals surface area contributed by atoms with Crippen LogP contribution in [0.15, 0.2) is 18.5 Å². The number of nitro groups is 1. The Morgan fingerprint density at radius 2 is 2.17 bits per heavy atom. The molecule has 0 spiro atoms. The van der Waals surface area contributed by atoms with Gasteiger partial charge < -0.3 is 11.5 Å².